The second-order valence-electron chi connectivity index (χ2n) is 6.00. The Labute approximate surface area is 127 Å². The van der Waals surface area contributed by atoms with Crippen molar-refractivity contribution in [2.45, 2.75) is 38.3 Å². The minimum absolute atomic E-state index is 0.208. The molecule has 1 saturated heterocycles. The molecule has 0 aromatic heterocycles. The molecular formula is C16H26ClN3. The van der Waals surface area contributed by atoms with Gasteiger partial charge < -0.3 is 15.5 Å². The van der Waals surface area contributed by atoms with Gasteiger partial charge in [-0.05, 0) is 57.1 Å². The zero-order valence-corrected chi connectivity index (χ0v) is 13.5. The summed E-state index contributed by atoms with van der Waals surface area (Å²) >= 11 is 6.16. The molecule has 0 bridgehead atoms. The van der Waals surface area contributed by atoms with E-state index in [1.54, 1.807) is 0 Å². The summed E-state index contributed by atoms with van der Waals surface area (Å²) in [4.78, 5) is 4.78. The third-order valence-electron chi connectivity index (χ3n) is 4.28. The van der Waals surface area contributed by atoms with Crippen LogP contribution in [0.1, 0.15) is 25.3 Å². The summed E-state index contributed by atoms with van der Waals surface area (Å²) in [6, 6.07) is 7.06. The Hall–Kier alpha value is -0.770. The number of hydrogen-bond acceptors (Lipinski definition) is 3. The summed E-state index contributed by atoms with van der Waals surface area (Å²) in [5.41, 5.74) is 8.72. The van der Waals surface area contributed by atoms with Crippen LogP contribution in [0.5, 0.6) is 0 Å². The standard InChI is InChI=1S/C16H26ClN3/c1-4-14(18)10-12-9-13(17)5-6-16(12)20-8-7-15(11-20)19(2)3/h5-6,9,14-15H,4,7-8,10-11,18H2,1-3H3. The molecule has 0 spiro atoms. The van der Waals surface area contributed by atoms with Crippen molar-refractivity contribution in [2.75, 3.05) is 32.1 Å². The van der Waals surface area contributed by atoms with Crippen molar-refractivity contribution < 1.29 is 0 Å². The molecule has 2 unspecified atom stereocenters. The zero-order chi connectivity index (χ0) is 14.7. The van der Waals surface area contributed by atoms with E-state index in [2.05, 4.69) is 43.0 Å². The summed E-state index contributed by atoms with van der Waals surface area (Å²) < 4.78 is 0. The van der Waals surface area contributed by atoms with Crippen molar-refractivity contribution in [1.82, 2.24) is 4.90 Å². The van der Waals surface area contributed by atoms with Gasteiger partial charge in [0.15, 0.2) is 0 Å². The van der Waals surface area contributed by atoms with Crippen LogP contribution in [0.3, 0.4) is 0 Å². The molecule has 2 atom stereocenters. The van der Waals surface area contributed by atoms with Crippen LogP contribution >= 0.6 is 11.6 Å². The van der Waals surface area contributed by atoms with E-state index in [1.165, 1.54) is 17.7 Å². The highest BCUT2D eigenvalue weighted by atomic mass is 35.5. The molecule has 0 radical (unpaired) electrons. The van der Waals surface area contributed by atoms with Gasteiger partial charge in [-0.2, -0.15) is 0 Å². The molecule has 3 nitrogen and oxygen atoms in total. The third-order valence-corrected chi connectivity index (χ3v) is 4.52. The first-order valence-corrected chi connectivity index (χ1v) is 7.84. The second kappa shape index (κ2) is 6.79. The highest BCUT2D eigenvalue weighted by molar-refractivity contribution is 6.30. The topological polar surface area (TPSA) is 32.5 Å². The Balaban J connectivity index is 2.19. The average molecular weight is 296 g/mol. The van der Waals surface area contributed by atoms with Gasteiger partial charge in [0.05, 0.1) is 0 Å². The van der Waals surface area contributed by atoms with Crippen molar-refractivity contribution in [3.63, 3.8) is 0 Å². The van der Waals surface area contributed by atoms with Gasteiger partial charge in [-0.25, -0.2) is 0 Å². The van der Waals surface area contributed by atoms with Crippen LogP contribution < -0.4 is 10.6 Å². The van der Waals surface area contributed by atoms with Crippen molar-refractivity contribution in [1.29, 1.82) is 0 Å². The van der Waals surface area contributed by atoms with Crippen LogP contribution in [0.4, 0.5) is 5.69 Å². The van der Waals surface area contributed by atoms with E-state index in [9.17, 15) is 0 Å². The summed E-state index contributed by atoms with van der Waals surface area (Å²) in [6.07, 6.45) is 3.11. The minimum atomic E-state index is 0.208. The predicted octanol–water partition coefficient (Wildman–Crippen LogP) is 2.76. The number of benzene rings is 1. The number of anilines is 1. The maximum atomic E-state index is 6.16. The molecule has 4 heteroatoms. The predicted molar refractivity (Wildman–Crippen MR) is 87.7 cm³/mol. The number of rotatable bonds is 5. The first-order chi connectivity index (χ1) is 9.51. The van der Waals surface area contributed by atoms with E-state index in [4.69, 9.17) is 17.3 Å². The lowest BCUT2D eigenvalue weighted by atomic mass is 10.0. The van der Waals surface area contributed by atoms with E-state index >= 15 is 0 Å². The fourth-order valence-electron chi connectivity index (χ4n) is 2.84. The number of nitrogens with two attached hydrogens (primary N) is 1. The molecule has 0 saturated carbocycles. The highest BCUT2D eigenvalue weighted by Crippen LogP contribution is 2.29. The molecule has 1 aromatic carbocycles. The van der Waals surface area contributed by atoms with E-state index < -0.39 is 0 Å². The van der Waals surface area contributed by atoms with Gasteiger partial charge in [0.2, 0.25) is 0 Å². The summed E-state index contributed by atoms with van der Waals surface area (Å²) in [5, 5.41) is 0.801. The summed E-state index contributed by atoms with van der Waals surface area (Å²) in [5.74, 6) is 0. The number of halogens is 1. The molecule has 2 N–H and O–H groups in total. The number of hydrogen-bond donors (Lipinski definition) is 1. The molecule has 1 aliphatic rings. The highest BCUT2D eigenvalue weighted by Gasteiger charge is 2.25. The van der Waals surface area contributed by atoms with Gasteiger partial charge in [0, 0.05) is 35.9 Å². The maximum absolute atomic E-state index is 6.16. The molecule has 1 aromatic rings. The molecule has 112 valence electrons. The van der Waals surface area contributed by atoms with Crippen LogP contribution in [-0.4, -0.2) is 44.2 Å². The Morgan fingerprint density at radius 2 is 2.20 bits per heavy atom. The van der Waals surface area contributed by atoms with Crippen molar-refractivity contribution in [2.24, 2.45) is 5.73 Å². The van der Waals surface area contributed by atoms with E-state index in [1.807, 2.05) is 6.07 Å². The van der Waals surface area contributed by atoms with E-state index in [0.29, 0.717) is 6.04 Å². The molecule has 20 heavy (non-hydrogen) atoms. The van der Waals surface area contributed by atoms with Gasteiger partial charge in [0.1, 0.15) is 0 Å². The van der Waals surface area contributed by atoms with Gasteiger partial charge in [-0.15, -0.1) is 0 Å². The van der Waals surface area contributed by atoms with Gasteiger partial charge >= 0.3 is 0 Å². The Morgan fingerprint density at radius 3 is 2.80 bits per heavy atom. The molecule has 1 fully saturated rings. The number of likely N-dealkylation sites (N-methyl/N-ethyl adjacent to an activating group) is 1. The monoisotopic (exact) mass is 295 g/mol. The number of nitrogens with zero attached hydrogens (tertiary/aromatic N) is 2. The summed E-state index contributed by atoms with van der Waals surface area (Å²) in [7, 11) is 4.31. The Kier molecular flexibility index (Phi) is 5.30. The smallest absolute Gasteiger partial charge is 0.0410 e. The van der Waals surface area contributed by atoms with Crippen molar-refractivity contribution in [3.8, 4) is 0 Å². The Morgan fingerprint density at radius 1 is 1.45 bits per heavy atom. The molecule has 2 rings (SSSR count). The zero-order valence-electron chi connectivity index (χ0n) is 12.8. The second-order valence-corrected chi connectivity index (χ2v) is 6.43. The lowest BCUT2D eigenvalue weighted by molar-refractivity contribution is 0.315. The van der Waals surface area contributed by atoms with E-state index in [-0.39, 0.29) is 6.04 Å². The molecular weight excluding hydrogens is 270 g/mol. The maximum Gasteiger partial charge on any atom is 0.0410 e. The molecule has 0 aliphatic carbocycles. The van der Waals surface area contributed by atoms with Crippen LogP contribution in [0.25, 0.3) is 0 Å². The van der Waals surface area contributed by atoms with Crippen LogP contribution in [-0.2, 0) is 6.42 Å². The van der Waals surface area contributed by atoms with Gasteiger partial charge in [-0.1, -0.05) is 18.5 Å². The van der Waals surface area contributed by atoms with E-state index in [0.717, 1.165) is 31.0 Å². The third kappa shape index (κ3) is 3.66. The molecule has 1 heterocycles. The largest absolute Gasteiger partial charge is 0.370 e. The van der Waals surface area contributed by atoms with Crippen LogP contribution in [0.2, 0.25) is 5.02 Å². The summed E-state index contributed by atoms with van der Waals surface area (Å²) in [6.45, 7) is 4.33. The van der Waals surface area contributed by atoms with Crippen LogP contribution in [0, 0.1) is 0 Å². The fourth-order valence-corrected chi connectivity index (χ4v) is 3.03. The van der Waals surface area contributed by atoms with Crippen LogP contribution in [0.15, 0.2) is 18.2 Å². The molecule has 1 aliphatic heterocycles. The average Bonchev–Trinajstić information content (AvgIpc) is 2.88. The van der Waals surface area contributed by atoms with Crippen molar-refractivity contribution in [3.05, 3.63) is 28.8 Å². The van der Waals surface area contributed by atoms with Gasteiger partial charge in [-0.3, -0.25) is 0 Å². The SMILES string of the molecule is CCC(N)Cc1cc(Cl)ccc1N1CCC(N(C)C)C1. The molecule has 0 amide bonds. The first kappa shape index (κ1) is 15.6. The minimum Gasteiger partial charge on any atom is -0.370 e. The van der Waals surface area contributed by atoms with Crippen molar-refractivity contribution >= 4 is 17.3 Å². The lowest BCUT2D eigenvalue weighted by Crippen LogP contribution is -2.32. The van der Waals surface area contributed by atoms with Gasteiger partial charge in [0.25, 0.3) is 0 Å². The Bertz CT molecular complexity index is 447. The fraction of sp³-hybridized carbons (Fsp3) is 0.625. The first-order valence-electron chi connectivity index (χ1n) is 7.46. The quantitative estimate of drug-likeness (QED) is 0.906. The lowest BCUT2D eigenvalue weighted by Gasteiger charge is -2.25. The normalized spacial score (nSPS) is 20.7.